The molecule has 0 saturated carbocycles. The van der Waals surface area contributed by atoms with Gasteiger partial charge in [-0.1, -0.05) is 42.1 Å². The number of nitrogens with two attached hydrogens (primary N) is 1. The van der Waals surface area contributed by atoms with Gasteiger partial charge >= 0.3 is 12.0 Å². The van der Waals surface area contributed by atoms with E-state index in [1.54, 1.807) is 30.3 Å². The summed E-state index contributed by atoms with van der Waals surface area (Å²) in [7, 11) is 0. The number of carboxylic acids is 1. The van der Waals surface area contributed by atoms with E-state index in [-0.39, 0.29) is 29.6 Å². The van der Waals surface area contributed by atoms with Crippen LogP contribution in [0.3, 0.4) is 0 Å². The maximum absolute atomic E-state index is 13.0. The van der Waals surface area contributed by atoms with E-state index < -0.39 is 46.6 Å². The molecule has 1 fully saturated rings. The lowest BCUT2D eigenvalue weighted by molar-refractivity contribution is -0.151. The zero-order valence-electron chi connectivity index (χ0n) is 18.5. The summed E-state index contributed by atoms with van der Waals surface area (Å²) in [5.74, 6) is -2.43. The Morgan fingerprint density at radius 2 is 2.06 bits per heavy atom. The van der Waals surface area contributed by atoms with Crippen LogP contribution in [-0.2, 0) is 14.4 Å². The largest absolute Gasteiger partial charge is 0.477 e. The minimum absolute atomic E-state index is 0.152. The topological polar surface area (TPSA) is 217 Å². The summed E-state index contributed by atoms with van der Waals surface area (Å²) >= 11 is 2.42. The van der Waals surface area contributed by atoms with E-state index in [0.29, 0.717) is 11.1 Å². The second-order valence-corrected chi connectivity index (χ2v) is 10.0. The Labute approximate surface area is 212 Å². The van der Waals surface area contributed by atoms with Gasteiger partial charge in [-0.2, -0.15) is 5.21 Å². The van der Waals surface area contributed by atoms with Gasteiger partial charge in [-0.3, -0.25) is 14.5 Å². The van der Waals surface area contributed by atoms with E-state index in [1.165, 1.54) is 11.8 Å². The summed E-state index contributed by atoms with van der Waals surface area (Å²) < 4.78 is 0. The molecule has 36 heavy (non-hydrogen) atoms. The second kappa shape index (κ2) is 11.0. The Morgan fingerprint density at radius 1 is 1.31 bits per heavy atom. The van der Waals surface area contributed by atoms with Crippen LogP contribution in [0.1, 0.15) is 18.1 Å². The number of hydrogen-bond donors (Lipinski definition) is 6. The molecule has 0 bridgehead atoms. The maximum Gasteiger partial charge on any atom is 0.352 e. The molecule has 1 aromatic heterocycles. The molecule has 3 heterocycles. The molecule has 2 aliphatic rings. The number of aliphatic carboxylic acids is 1. The average Bonchev–Trinajstić information content (AvgIpc) is 3.38. The molecule has 4 amide bonds. The third kappa shape index (κ3) is 5.29. The van der Waals surface area contributed by atoms with E-state index in [0.717, 1.165) is 16.7 Å². The number of urea groups is 1. The molecule has 190 valence electrons. The summed E-state index contributed by atoms with van der Waals surface area (Å²) in [4.78, 5) is 50.1. The summed E-state index contributed by atoms with van der Waals surface area (Å²) in [6, 6.07) is 6.54. The number of aliphatic hydroxyl groups is 1. The first kappa shape index (κ1) is 25.5. The number of carbonyl (C=O) groups is 4. The van der Waals surface area contributed by atoms with Crippen LogP contribution in [0.5, 0.6) is 0 Å². The van der Waals surface area contributed by atoms with Crippen molar-refractivity contribution in [2.45, 2.75) is 34.3 Å². The third-order valence-electron chi connectivity index (χ3n) is 5.53. The van der Waals surface area contributed by atoms with Crippen LogP contribution >= 0.6 is 23.5 Å². The maximum atomic E-state index is 13.0. The van der Waals surface area contributed by atoms with Gasteiger partial charge in [0.05, 0.1) is 0 Å². The molecule has 2 unspecified atom stereocenters. The normalized spacial score (nSPS) is 20.7. The van der Waals surface area contributed by atoms with Crippen LogP contribution in [0.25, 0.3) is 0 Å². The van der Waals surface area contributed by atoms with Gasteiger partial charge in [0, 0.05) is 17.5 Å². The second-order valence-electron chi connectivity index (χ2n) is 7.77. The summed E-state index contributed by atoms with van der Waals surface area (Å²) in [6.07, 6.45) is -1.19. The zero-order valence-corrected chi connectivity index (χ0v) is 20.2. The number of carbonyl (C=O) groups excluding carboxylic acids is 3. The molecule has 4 rings (SSSR count). The van der Waals surface area contributed by atoms with Gasteiger partial charge in [0.2, 0.25) is 5.16 Å². The summed E-state index contributed by atoms with van der Waals surface area (Å²) in [6.45, 7) is 0.152. The number of aromatic nitrogens is 4. The molecule has 7 N–H and O–H groups in total. The number of carboxylic acid groups (broad SMARTS) is 1. The number of aliphatic hydroxyl groups excluding tert-OH is 1. The van der Waals surface area contributed by atoms with E-state index in [4.69, 9.17) is 5.73 Å². The molecule has 14 nitrogen and oxygen atoms in total. The number of β-lactam (4-membered cyclic amide) rings is 1. The van der Waals surface area contributed by atoms with Crippen molar-refractivity contribution in [3.05, 3.63) is 47.2 Å². The van der Waals surface area contributed by atoms with Crippen molar-refractivity contribution in [3.8, 4) is 0 Å². The van der Waals surface area contributed by atoms with Gasteiger partial charge in [0.1, 0.15) is 17.1 Å². The fraction of sp³-hybridized carbons (Fsp3) is 0.350. The molecule has 0 radical (unpaired) electrons. The van der Waals surface area contributed by atoms with Crippen molar-refractivity contribution in [2.24, 2.45) is 5.73 Å². The fourth-order valence-corrected chi connectivity index (χ4v) is 6.41. The van der Waals surface area contributed by atoms with Crippen LogP contribution in [0.2, 0.25) is 0 Å². The fourth-order valence-electron chi connectivity index (χ4n) is 3.87. The van der Waals surface area contributed by atoms with Crippen molar-refractivity contribution in [1.29, 1.82) is 0 Å². The third-order valence-corrected chi connectivity index (χ3v) is 8.02. The SMILES string of the molecule is NC(=O)NCCC(Sc1nn[nH]n1)C1=C(C(=O)O)N2C(=O)C(NC(=O)[C@H](O)c3ccccc3)[C@H]2SC1. The van der Waals surface area contributed by atoms with Crippen molar-refractivity contribution < 1.29 is 29.4 Å². The van der Waals surface area contributed by atoms with Crippen molar-refractivity contribution >= 4 is 47.3 Å². The predicted molar refractivity (Wildman–Crippen MR) is 127 cm³/mol. The monoisotopic (exact) mass is 534 g/mol. The molecule has 2 aromatic rings. The summed E-state index contributed by atoms with van der Waals surface area (Å²) in [5, 5.41) is 38.0. The molecule has 1 aromatic carbocycles. The zero-order chi connectivity index (χ0) is 25.8. The highest BCUT2D eigenvalue weighted by Crippen LogP contribution is 2.44. The van der Waals surface area contributed by atoms with Crippen LogP contribution in [-0.4, -0.2) is 88.5 Å². The first-order valence-electron chi connectivity index (χ1n) is 10.7. The minimum atomic E-state index is -1.47. The van der Waals surface area contributed by atoms with Gasteiger partial charge in [0.15, 0.2) is 6.10 Å². The number of hydrogen-bond acceptors (Lipinski definition) is 10. The molecule has 0 spiro atoms. The van der Waals surface area contributed by atoms with Crippen LogP contribution in [0.15, 0.2) is 46.8 Å². The summed E-state index contributed by atoms with van der Waals surface area (Å²) in [5.41, 5.74) is 5.75. The smallest absolute Gasteiger partial charge is 0.352 e. The Hall–Kier alpha value is -3.63. The highest BCUT2D eigenvalue weighted by atomic mass is 32.2. The standard InChI is InChI=1S/C20H22N8O6S2/c21-19(34)22-7-6-11(36-20-24-26-27-25-20)10-8-35-17-12(16(31)28(17)13(10)18(32)33)23-15(30)14(29)9-4-2-1-3-5-9/h1-5,11-12,14,17,29H,6-8H2,(H,23,30)(H,32,33)(H3,21,22,34)(H,24,25,26,27)/t11?,12?,14-,17-/m1/s1. The Morgan fingerprint density at radius 3 is 2.69 bits per heavy atom. The minimum Gasteiger partial charge on any atom is -0.477 e. The lowest BCUT2D eigenvalue weighted by Gasteiger charge is -2.50. The number of fused-ring (bicyclic) bond motifs is 1. The number of primary amides is 1. The molecule has 16 heteroatoms. The molecule has 2 aliphatic heterocycles. The number of tetrazole rings is 1. The van der Waals surface area contributed by atoms with Gasteiger partial charge in [-0.25, -0.2) is 9.59 Å². The van der Waals surface area contributed by atoms with Crippen LogP contribution < -0.4 is 16.4 Å². The molecule has 0 aliphatic carbocycles. The van der Waals surface area contributed by atoms with E-state index in [9.17, 15) is 29.4 Å². The first-order chi connectivity index (χ1) is 17.3. The van der Waals surface area contributed by atoms with Crippen molar-refractivity contribution in [2.75, 3.05) is 12.3 Å². The lowest BCUT2D eigenvalue weighted by Crippen LogP contribution is -2.71. The molecule has 4 atom stereocenters. The Kier molecular flexibility index (Phi) is 7.76. The quantitative estimate of drug-likeness (QED) is 0.164. The Balaban J connectivity index is 1.53. The predicted octanol–water partition coefficient (Wildman–Crippen LogP) is -0.809. The number of rotatable bonds is 10. The average molecular weight is 535 g/mol. The van der Waals surface area contributed by atoms with Crippen molar-refractivity contribution in [3.63, 3.8) is 0 Å². The number of benzene rings is 1. The number of amides is 4. The van der Waals surface area contributed by atoms with Gasteiger partial charge < -0.3 is 26.6 Å². The van der Waals surface area contributed by atoms with Crippen LogP contribution in [0.4, 0.5) is 4.79 Å². The molecular formula is C20H22N8O6S2. The van der Waals surface area contributed by atoms with Gasteiger partial charge in [-0.15, -0.1) is 22.0 Å². The Bertz CT molecular complexity index is 1180. The van der Waals surface area contributed by atoms with Crippen molar-refractivity contribution in [1.82, 2.24) is 36.2 Å². The highest BCUT2D eigenvalue weighted by Gasteiger charge is 2.55. The number of H-pyrrole nitrogens is 1. The van der Waals surface area contributed by atoms with Crippen LogP contribution in [0, 0.1) is 0 Å². The highest BCUT2D eigenvalue weighted by molar-refractivity contribution is 8.01. The molecular weight excluding hydrogens is 512 g/mol. The first-order valence-corrected chi connectivity index (χ1v) is 12.6. The molecule has 1 saturated heterocycles. The van der Waals surface area contributed by atoms with Gasteiger partial charge in [-0.05, 0) is 22.8 Å². The van der Waals surface area contributed by atoms with Gasteiger partial charge in [0.25, 0.3) is 11.8 Å². The number of thioether (sulfide) groups is 2. The number of aromatic amines is 1. The number of nitrogens with zero attached hydrogens (tertiary/aromatic N) is 4. The lowest BCUT2D eigenvalue weighted by atomic mass is 9.99. The van der Waals surface area contributed by atoms with E-state index in [1.807, 2.05) is 0 Å². The number of nitrogens with one attached hydrogen (secondary N) is 3. The van der Waals surface area contributed by atoms with E-state index in [2.05, 4.69) is 31.3 Å². The van der Waals surface area contributed by atoms with E-state index >= 15 is 0 Å².